The normalized spacial score (nSPS) is 22.8. The number of nitrogens with zero attached hydrogens (tertiary/aromatic N) is 2. The zero-order valence-corrected chi connectivity index (χ0v) is 19.2. The van der Waals surface area contributed by atoms with Crippen LogP contribution in [0, 0.1) is 5.92 Å². The molecule has 0 unspecified atom stereocenters. The van der Waals surface area contributed by atoms with E-state index in [1.165, 1.54) is 4.90 Å². The lowest BCUT2D eigenvalue weighted by atomic mass is 9.90. The molecule has 0 spiro atoms. The molecule has 2 saturated heterocycles. The van der Waals surface area contributed by atoms with E-state index < -0.39 is 24.0 Å². The molecule has 1 N–H and O–H groups in total. The van der Waals surface area contributed by atoms with E-state index in [-0.39, 0.29) is 11.7 Å². The Balaban J connectivity index is 1.62. The Labute approximate surface area is 195 Å². The fourth-order valence-electron chi connectivity index (χ4n) is 4.14. The van der Waals surface area contributed by atoms with Gasteiger partial charge in [-0.3, -0.25) is 14.4 Å². The van der Waals surface area contributed by atoms with Gasteiger partial charge in [-0.05, 0) is 54.6 Å². The molecule has 3 atom stereocenters. The number of carbonyl (C=O) groups excluding carboxylic acids is 2. The molecule has 0 aromatic heterocycles. The maximum Gasteiger partial charge on any atom is 0.266 e. The summed E-state index contributed by atoms with van der Waals surface area (Å²) in [6, 6.07) is 20.6. The van der Waals surface area contributed by atoms with Crippen molar-refractivity contribution in [2.75, 3.05) is 9.96 Å². The molecule has 0 bridgehead atoms. The van der Waals surface area contributed by atoms with Crippen molar-refractivity contribution in [1.29, 1.82) is 0 Å². The maximum absolute atomic E-state index is 13.5. The van der Waals surface area contributed by atoms with Gasteiger partial charge in [-0.15, -0.1) is 0 Å². The summed E-state index contributed by atoms with van der Waals surface area (Å²) in [6.07, 6.45) is -0.986. The number of phenols is 1. The molecule has 2 aliphatic rings. The number of imide groups is 1. The molecule has 2 fully saturated rings. The summed E-state index contributed by atoms with van der Waals surface area (Å²) in [5, 5.41) is 12.2. The molecule has 8 heteroatoms. The predicted octanol–water partition coefficient (Wildman–Crippen LogP) is 4.97. The van der Waals surface area contributed by atoms with Crippen molar-refractivity contribution in [2.24, 2.45) is 5.92 Å². The van der Waals surface area contributed by atoms with Gasteiger partial charge < -0.3 is 5.11 Å². The van der Waals surface area contributed by atoms with Gasteiger partial charge >= 0.3 is 0 Å². The minimum Gasteiger partial charge on any atom is -0.508 e. The standard InChI is InChI=1S/C23H16Br2N2O4/c24-13-6-9-15(10-7-13)26-22(29)19-20(17-12-14(25)8-11-18(17)28)27(31-21(19)23(26)30)16-4-2-1-3-5-16/h1-12,19-21,28H/t19-,20-,21-/m0/s1. The van der Waals surface area contributed by atoms with Crippen LogP contribution in [0.5, 0.6) is 5.75 Å². The minimum absolute atomic E-state index is 0.0284. The van der Waals surface area contributed by atoms with Crippen LogP contribution in [0.1, 0.15) is 11.6 Å². The Morgan fingerprint density at radius 2 is 1.48 bits per heavy atom. The highest BCUT2D eigenvalue weighted by molar-refractivity contribution is 9.10. The van der Waals surface area contributed by atoms with Crippen molar-refractivity contribution in [2.45, 2.75) is 12.1 Å². The molecule has 3 aromatic rings. The largest absolute Gasteiger partial charge is 0.508 e. The van der Waals surface area contributed by atoms with E-state index in [4.69, 9.17) is 4.84 Å². The monoisotopic (exact) mass is 542 g/mol. The molecule has 5 rings (SSSR count). The second kappa shape index (κ2) is 7.78. The maximum atomic E-state index is 13.5. The number of fused-ring (bicyclic) bond motifs is 1. The van der Waals surface area contributed by atoms with Gasteiger partial charge in [0.1, 0.15) is 11.7 Å². The molecular weight excluding hydrogens is 528 g/mol. The molecule has 2 aliphatic heterocycles. The number of benzene rings is 3. The molecule has 0 radical (unpaired) electrons. The van der Waals surface area contributed by atoms with Crippen molar-refractivity contribution in [3.05, 3.63) is 87.3 Å². The third kappa shape index (κ3) is 3.35. The van der Waals surface area contributed by atoms with E-state index in [0.717, 1.165) is 8.95 Å². The molecule has 6 nitrogen and oxygen atoms in total. The van der Waals surface area contributed by atoms with Crippen molar-refractivity contribution >= 4 is 55.0 Å². The van der Waals surface area contributed by atoms with Crippen LogP contribution in [0.3, 0.4) is 0 Å². The zero-order chi connectivity index (χ0) is 21.7. The molecule has 2 amide bonds. The van der Waals surface area contributed by atoms with E-state index in [9.17, 15) is 14.7 Å². The highest BCUT2D eigenvalue weighted by Gasteiger charge is 2.60. The first-order chi connectivity index (χ1) is 15.0. The van der Waals surface area contributed by atoms with Gasteiger partial charge in [-0.1, -0.05) is 50.1 Å². The third-order valence-corrected chi connectivity index (χ3v) is 6.54. The number of carbonyl (C=O) groups is 2. The van der Waals surface area contributed by atoms with Crippen LogP contribution in [0.15, 0.2) is 81.7 Å². The summed E-state index contributed by atoms with van der Waals surface area (Å²) in [7, 11) is 0. The first-order valence-corrected chi connectivity index (χ1v) is 11.2. The molecule has 3 aromatic carbocycles. The van der Waals surface area contributed by atoms with E-state index >= 15 is 0 Å². The minimum atomic E-state index is -0.986. The summed E-state index contributed by atoms with van der Waals surface area (Å²) in [4.78, 5) is 34.0. The fraction of sp³-hybridized carbons (Fsp3) is 0.130. The van der Waals surface area contributed by atoms with Crippen molar-refractivity contribution in [3.63, 3.8) is 0 Å². The number of hydrogen-bond acceptors (Lipinski definition) is 5. The summed E-state index contributed by atoms with van der Waals surface area (Å²) >= 11 is 6.81. The summed E-state index contributed by atoms with van der Waals surface area (Å²) in [5.74, 6) is -1.56. The Morgan fingerprint density at radius 1 is 0.806 bits per heavy atom. The predicted molar refractivity (Wildman–Crippen MR) is 122 cm³/mol. The molecular formula is C23H16Br2N2O4. The number of hydroxylamine groups is 1. The first kappa shape index (κ1) is 20.2. The van der Waals surface area contributed by atoms with Gasteiger partial charge in [-0.25, -0.2) is 9.96 Å². The molecule has 0 aliphatic carbocycles. The van der Waals surface area contributed by atoms with Crippen molar-refractivity contribution in [3.8, 4) is 5.75 Å². The van der Waals surface area contributed by atoms with Crippen LogP contribution in [-0.2, 0) is 14.4 Å². The smallest absolute Gasteiger partial charge is 0.266 e. The number of para-hydroxylation sites is 1. The number of halogens is 2. The number of amides is 2. The fourth-order valence-corrected chi connectivity index (χ4v) is 4.78. The first-order valence-electron chi connectivity index (χ1n) is 9.58. The highest BCUT2D eigenvalue weighted by atomic mass is 79.9. The number of hydrogen-bond donors (Lipinski definition) is 1. The van der Waals surface area contributed by atoms with Gasteiger partial charge in [-0.2, -0.15) is 0 Å². The summed E-state index contributed by atoms with van der Waals surface area (Å²) in [6.45, 7) is 0. The Hall–Kier alpha value is -2.68. The lowest BCUT2D eigenvalue weighted by molar-refractivity contribution is -0.126. The van der Waals surface area contributed by atoms with Gasteiger partial charge in [0.2, 0.25) is 5.91 Å². The number of rotatable bonds is 3. The van der Waals surface area contributed by atoms with Gasteiger partial charge in [0.25, 0.3) is 5.91 Å². The lowest BCUT2D eigenvalue weighted by Crippen LogP contribution is -2.37. The Morgan fingerprint density at radius 3 is 2.19 bits per heavy atom. The second-order valence-corrected chi connectivity index (χ2v) is 9.18. The Kier molecular flexibility index (Phi) is 5.08. The third-order valence-electron chi connectivity index (χ3n) is 5.52. The SMILES string of the molecule is O=C1[C@@H]2[C@H](ON(c3ccccc3)[C@H]2c2cc(Br)ccc2O)C(=O)N1c1ccc(Br)cc1. The summed E-state index contributed by atoms with van der Waals surface area (Å²) in [5.41, 5.74) is 1.68. The van der Waals surface area contributed by atoms with Crippen LogP contribution >= 0.6 is 31.9 Å². The zero-order valence-electron chi connectivity index (χ0n) is 16.0. The average Bonchev–Trinajstić information content (AvgIpc) is 3.28. The van der Waals surface area contributed by atoms with Gasteiger partial charge in [0.15, 0.2) is 6.10 Å². The molecule has 31 heavy (non-hydrogen) atoms. The van der Waals surface area contributed by atoms with E-state index in [1.54, 1.807) is 47.5 Å². The van der Waals surface area contributed by atoms with E-state index in [2.05, 4.69) is 31.9 Å². The van der Waals surface area contributed by atoms with Crippen molar-refractivity contribution in [1.82, 2.24) is 0 Å². The Bertz CT molecular complexity index is 1170. The number of anilines is 2. The van der Waals surface area contributed by atoms with E-state index in [0.29, 0.717) is 16.9 Å². The average molecular weight is 544 g/mol. The van der Waals surface area contributed by atoms with Gasteiger partial charge in [0.05, 0.1) is 17.4 Å². The van der Waals surface area contributed by atoms with Crippen LogP contribution < -0.4 is 9.96 Å². The van der Waals surface area contributed by atoms with Crippen LogP contribution in [0.4, 0.5) is 11.4 Å². The number of phenolic OH excluding ortho intramolecular Hbond substituents is 1. The quantitative estimate of drug-likeness (QED) is 0.472. The molecule has 2 heterocycles. The topological polar surface area (TPSA) is 70.1 Å². The second-order valence-electron chi connectivity index (χ2n) is 7.35. The van der Waals surface area contributed by atoms with Gasteiger partial charge in [0, 0.05) is 14.5 Å². The van der Waals surface area contributed by atoms with Crippen LogP contribution in [0.2, 0.25) is 0 Å². The van der Waals surface area contributed by atoms with Crippen molar-refractivity contribution < 1.29 is 19.5 Å². The lowest BCUT2D eigenvalue weighted by Gasteiger charge is -2.29. The molecule has 0 saturated carbocycles. The number of aromatic hydroxyl groups is 1. The highest BCUT2D eigenvalue weighted by Crippen LogP contribution is 2.49. The summed E-state index contributed by atoms with van der Waals surface area (Å²) < 4.78 is 1.59. The van der Waals surface area contributed by atoms with Crippen LogP contribution in [-0.4, -0.2) is 23.0 Å². The van der Waals surface area contributed by atoms with Crippen LogP contribution in [0.25, 0.3) is 0 Å². The van der Waals surface area contributed by atoms with E-state index in [1.807, 2.05) is 30.3 Å². The molecule has 156 valence electrons.